The molecule has 116 valence electrons. The SMILES string of the molecule is Cc1csc(-c2ccc(NC(=O)CC3COCCN3)cc2)n1. The van der Waals surface area contributed by atoms with Gasteiger partial charge in [-0.05, 0) is 31.2 Å². The van der Waals surface area contributed by atoms with Crippen LogP contribution in [0.2, 0.25) is 0 Å². The van der Waals surface area contributed by atoms with E-state index in [4.69, 9.17) is 4.74 Å². The number of carbonyl (C=O) groups is 1. The molecule has 1 aromatic heterocycles. The minimum atomic E-state index is 0.000781. The molecule has 1 atom stereocenters. The predicted molar refractivity (Wildman–Crippen MR) is 88.1 cm³/mol. The van der Waals surface area contributed by atoms with Gasteiger partial charge in [0.2, 0.25) is 5.91 Å². The molecule has 1 saturated heterocycles. The summed E-state index contributed by atoms with van der Waals surface area (Å²) in [4.78, 5) is 16.5. The molecule has 0 spiro atoms. The van der Waals surface area contributed by atoms with Crippen molar-refractivity contribution in [2.75, 3.05) is 25.1 Å². The number of carbonyl (C=O) groups excluding carboxylic acids is 1. The first-order chi connectivity index (χ1) is 10.7. The average Bonchev–Trinajstić information content (AvgIpc) is 2.95. The van der Waals surface area contributed by atoms with Gasteiger partial charge in [0.05, 0.1) is 13.2 Å². The number of morpholine rings is 1. The standard InChI is InChI=1S/C16H19N3O2S/c1-11-10-22-16(18-11)12-2-4-13(5-3-12)19-15(20)8-14-9-21-7-6-17-14/h2-5,10,14,17H,6-9H2,1H3,(H,19,20). The van der Waals surface area contributed by atoms with Crippen LogP contribution in [-0.4, -0.2) is 36.7 Å². The number of benzene rings is 1. The van der Waals surface area contributed by atoms with Gasteiger partial charge in [0.1, 0.15) is 5.01 Å². The second-order valence-electron chi connectivity index (χ2n) is 5.35. The Balaban J connectivity index is 1.57. The molecular formula is C16H19N3O2S. The summed E-state index contributed by atoms with van der Waals surface area (Å²) in [5.74, 6) is 0.000781. The number of nitrogens with one attached hydrogen (secondary N) is 2. The molecule has 1 aromatic carbocycles. The van der Waals surface area contributed by atoms with Crippen molar-refractivity contribution in [3.05, 3.63) is 35.3 Å². The topological polar surface area (TPSA) is 63.2 Å². The highest BCUT2D eigenvalue weighted by atomic mass is 32.1. The number of thiazole rings is 1. The molecule has 0 bridgehead atoms. The summed E-state index contributed by atoms with van der Waals surface area (Å²) in [6, 6.07) is 7.89. The first-order valence-electron chi connectivity index (χ1n) is 7.34. The third kappa shape index (κ3) is 3.91. The molecule has 2 heterocycles. The van der Waals surface area contributed by atoms with E-state index in [1.165, 1.54) is 0 Å². The molecular weight excluding hydrogens is 298 g/mol. The summed E-state index contributed by atoms with van der Waals surface area (Å²) in [6.07, 6.45) is 0.424. The average molecular weight is 317 g/mol. The zero-order chi connectivity index (χ0) is 15.4. The van der Waals surface area contributed by atoms with Crippen molar-refractivity contribution in [1.29, 1.82) is 0 Å². The van der Waals surface area contributed by atoms with Gasteiger partial charge in [-0.1, -0.05) is 0 Å². The largest absolute Gasteiger partial charge is 0.378 e. The Bertz CT molecular complexity index is 633. The van der Waals surface area contributed by atoms with Crippen molar-refractivity contribution in [3.63, 3.8) is 0 Å². The molecule has 2 aromatic rings. The summed E-state index contributed by atoms with van der Waals surface area (Å²) in [6.45, 7) is 4.10. The molecule has 6 heteroatoms. The quantitative estimate of drug-likeness (QED) is 0.909. The lowest BCUT2D eigenvalue weighted by Crippen LogP contribution is -2.43. The minimum absolute atomic E-state index is 0.000781. The van der Waals surface area contributed by atoms with E-state index in [1.54, 1.807) is 11.3 Å². The second kappa shape index (κ2) is 7.00. The van der Waals surface area contributed by atoms with E-state index in [-0.39, 0.29) is 11.9 Å². The second-order valence-corrected chi connectivity index (χ2v) is 6.21. The van der Waals surface area contributed by atoms with Gasteiger partial charge in [-0.15, -0.1) is 11.3 Å². The van der Waals surface area contributed by atoms with Crippen LogP contribution in [-0.2, 0) is 9.53 Å². The van der Waals surface area contributed by atoms with Gasteiger partial charge in [0.15, 0.2) is 0 Å². The normalized spacial score (nSPS) is 18.1. The molecule has 0 aliphatic carbocycles. The van der Waals surface area contributed by atoms with Crippen LogP contribution in [0.25, 0.3) is 10.6 Å². The van der Waals surface area contributed by atoms with Gasteiger partial charge < -0.3 is 15.4 Å². The molecule has 1 fully saturated rings. The molecule has 1 unspecified atom stereocenters. The monoisotopic (exact) mass is 317 g/mol. The van der Waals surface area contributed by atoms with E-state index in [1.807, 2.05) is 36.6 Å². The van der Waals surface area contributed by atoms with Gasteiger partial charge in [-0.3, -0.25) is 4.79 Å². The van der Waals surface area contributed by atoms with Gasteiger partial charge in [-0.2, -0.15) is 0 Å². The van der Waals surface area contributed by atoms with Crippen molar-refractivity contribution < 1.29 is 9.53 Å². The fourth-order valence-corrected chi connectivity index (χ4v) is 3.17. The van der Waals surface area contributed by atoms with Crippen LogP contribution < -0.4 is 10.6 Å². The summed E-state index contributed by atoms with van der Waals surface area (Å²) in [5.41, 5.74) is 2.90. The molecule has 0 radical (unpaired) electrons. The van der Waals surface area contributed by atoms with Crippen molar-refractivity contribution in [1.82, 2.24) is 10.3 Å². The summed E-state index contributed by atoms with van der Waals surface area (Å²) < 4.78 is 5.35. The Labute approximate surface area is 133 Å². The van der Waals surface area contributed by atoms with E-state index in [0.29, 0.717) is 13.0 Å². The number of amides is 1. The van der Waals surface area contributed by atoms with Crippen molar-refractivity contribution in [2.45, 2.75) is 19.4 Å². The van der Waals surface area contributed by atoms with Gasteiger partial charge in [0, 0.05) is 41.3 Å². The van der Waals surface area contributed by atoms with Crippen molar-refractivity contribution in [3.8, 4) is 10.6 Å². The summed E-state index contributed by atoms with van der Waals surface area (Å²) >= 11 is 1.63. The van der Waals surface area contributed by atoms with Gasteiger partial charge >= 0.3 is 0 Å². The lowest BCUT2D eigenvalue weighted by molar-refractivity contribution is -0.117. The number of rotatable bonds is 4. The molecule has 0 saturated carbocycles. The number of hydrogen-bond donors (Lipinski definition) is 2. The molecule has 22 heavy (non-hydrogen) atoms. The van der Waals surface area contributed by atoms with Crippen LogP contribution >= 0.6 is 11.3 Å². The predicted octanol–water partition coefficient (Wildman–Crippen LogP) is 2.44. The number of hydrogen-bond acceptors (Lipinski definition) is 5. The van der Waals surface area contributed by atoms with Crippen LogP contribution in [0.3, 0.4) is 0 Å². The van der Waals surface area contributed by atoms with Crippen molar-refractivity contribution in [2.24, 2.45) is 0 Å². The Morgan fingerprint density at radius 2 is 2.27 bits per heavy atom. The van der Waals surface area contributed by atoms with Crippen LogP contribution in [0.5, 0.6) is 0 Å². The maximum atomic E-state index is 12.0. The first-order valence-corrected chi connectivity index (χ1v) is 8.22. The van der Waals surface area contributed by atoms with Crippen LogP contribution in [0.15, 0.2) is 29.6 Å². The maximum Gasteiger partial charge on any atom is 0.226 e. The number of aryl methyl sites for hydroxylation is 1. The molecule has 1 amide bonds. The van der Waals surface area contributed by atoms with Gasteiger partial charge in [0.25, 0.3) is 0 Å². The highest BCUT2D eigenvalue weighted by molar-refractivity contribution is 7.13. The zero-order valence-electron chi connectivity index (χ0n) is 12.5. The zero-order valence-corrected chi connectivity index (χ0v) is 13.3. The summed E-state index contributed by atoms with van der Waals surface area (Å²) in [7, 11) is 0. The van der Waals surface area contributed by atoms with E-state index in [9.17, 15) is 4.79 Å². The first kappa shape index (κ1) is 15.1. The molecule has 1 aliphatic rings. The smallest absolute Gasteiger partial charge is 0.226 e. The lowest BCUT2D eigenvalue weighted by atomic mass is 10.1. The van der Waals surface area contributed by atoms with Crippen molar-refractivity contribution >= 4 is 22.9 Å². The minimum Gasteiger partial charge on any atom is -0.378 e. The molecule has 2 N–H and O–H groups in total. The third-order valence-corrected chi connectivity index (χ3v) is 4.47. The highest BCUT2D eigenvalue weighted by Crippen LogP contribution is 2.24. The highest BCUT2D eigenvalue weighted by Gasteiger charge is 2.16. The molecule has 3 rings (SSSR count). The lowest BCUT2D eigenvalue weighted by Gasteiger charge is -2.23. The van der Waals surface area contributed by atoms with Crippen LogP contribution in [0.1, 0.15) is 12.1 Å². The Kier molecular flexibility index (Phi) is 4.82. The number of ether oxygens (including phenoxy) is 1. The van der Waals surface area contributed by atoms with Gasteiger partial charge in [-0.25, -0.2) is 4.98 Å². The molecule has 5 nitrogen and oxygen atoms in total. The van der Waals surface area contributed by atoms with Crippen LogP contribution in [0.4, 0.5) is 5.69 Å². The Morgan fingerprint density at radius 3 is 2.91 bits per heavy atom. The van der Waals surface area contributed by atoms with E-state index in [0.717, 1.165) is 35.1 Å². The van der Waals surface area contributed by atoms with E-state index >= 15 is 0 Å². The maximum absolute atomic E-state index is 12.0. The number of nitrogens with zero attached hydrogens (tertiary/aromatic N) is 1. The Morgan fingerprint density at radius 1 is 1.45 bits per heavy atom. The number of aromatic nitrogens is 1. The van der Waals surface area contributed by atoms with Crippen LogP contribution in [0, 0.1) is 6.92 Å². The fraction of sp³-hybridized carbons (Fsp3) is 0.375. The summed E-state index contributed by atoms with van der Waals surface area (Å²) in [5, 5.41) is 9.23. The fourth-order valence-electron chi connectivity index (χ4n) is 2.37. The Hall–Kier alpha value is -1.76. The van der Waals surface area contributed by atoms with E-state index < -0.39 is 0 Å². The third-order valence-electron chi connectivity index (χ3n) is 3.46. The van der Waals surface area contributed by atoms with E-state index in [2.05, 4.69) is 15.6 Å². The number of anilines is 1. The molecule has 1 aliphatic heterocycles.